The Kier molecular flexibility index (Phi) is 1.82. The third-order valence-corrected chi connectivity index (χ3v) is 2.59. The normalized spacial score (nSPS) is 26.2. The Morgan fingerprint density at radius 2 is 2.33 bits per heavy atom. The molecule has 0 atom stereocenters. The van der Waals surface area contributed by atoms with Crippen LogP contribution in [-0.4, -0.2) is 23.0 Å². The van der Waals surface area contributed by atoms with Crippen LogP contribution in [0.2, 0.25) is 0 Å². The van der Waals surface area contributed by atoms with Crippen molar-refractivity contribution in [2.45, 2.75) is 19.4 Å². The number of nitrogens with one attached hydrogen (secondary N) is 1. The van der Waals surface area contributed by atoms with Gasteiger partial charge in [0.05, 0.1) is 5.54 Å². The molecule has 1 N–H and O–H groups in total. The maximum atomic E-state index is 11.0. The Labute approximate surface area is 59.4 Å². The van der Waals surface area contributed by atoms with Crippen LogP contribution < -0.4 is 5.32 Å². The summed E-state index contributed by atoms with van der Waals surface area (Å²) in [6, 6.07) is 0. The van der Waals surface area contributed by atoms with E-state index in [9.17, 15) is 4.79 Å². The van der Waals surface area contributed by atoms with Crippen LogP contribution in [-0.2, 0) is 4.79 Å². The summed E-state index contributed by atoms with van der Waals surface area (Å²) < 4.78 is 0. The first-order valence-electron chi connectivity index (χ1n) is 3.05. The van der Waals surface area contributed by atoms with Crippen molar-refractivity contribution in [2.75, 3.05) is 12.3 Å². The number of rotatable bonds is 0. The second-order valence-electron chi connectivity index (χ2n) is 2.69. The van der Waals surface area contributed by atoms with Crippen molar-refractivity contribution in [1.29, 1.82) is 0 Å². The Bertz CT molecular complexity index is 133. The molecule has 2 nitrogen and oxygen atoms in total. The van der Waals surface area contributed by atoms with E-state index < -0.39 is 0 Å². The van der Waals surface area contributed by atoms with Crippen molar-refractivity contribution in [3.8, 4) is 0 Å². The first kappa shape index (κ1) is 7.09. The Morgan fingerprint density at radius 3 is 2.67 bits per heavy atom. The van der Waals surface area contributed by atoms with Crippen molar-refractivity contribution in [3.63, 3.8) is 0 Å². The monoisotopic (exact) mass is 145 g/mol. The lowest BCUT2D eigenvalue weighted by Gasteiger charge is -2.28. The molecular formula is C6H11NOS. The predicted molar refractivity (Wildman–Crippen MR) is 39.5 cm³/mol. The smallest absolute Gasteiger partial charge is 0.208 e. The zero-order valence-corrected chi connectivity index (χ0v) is 6.55. The van der Waals surface area contributed by atoms with Gasteiger partial charge in [0.15, 0.2) is 0 Å². The van der Waals surface area contributed by atoms with E-state index in [4.69, 9.17) is 0 Å². The summed E-state index contributed by atoms with van der Waals surface area (Å²) in [5.41, 5.74) is -0.289. The van der Waals surface area contributed by atoms with Crippen LogP contribution >= 0.6 is 11.8 Å². The molecule has 1 saturated heterocycles. The molecule has 1 fully saturated rings. The van der Waals surface area contributed by atoms with E-state index in [2.05, 4.69) is 5.32 Å². The standard InChI is InChI=1S/C6H11NOS/c1-6(2)5(8)9-4-3-7-6/h7H,3-4H2,1-2H3. The van der Waals surface area contributed by atoms with Gasteiger partial charge in [0.2, 0.25) is 5.12 Å². The molecule has 1 heterocycles. The van der Waals surface area contributed by atoms with E-state index in [0.29, 0.717) is 0 Å². The average molecular weight is 145 g/mol. The van der Waals surface area contributed by atoms with Gasteiger partial charge in [-0.3, -0.25) is 4.79 Å². The fourth-order valence-electron chi connectivity index (χ4n) is 0.760. The molecule has 0 spiro atoms. The number of thioether (sulfide) groups is 1. The largest absolute Gasteiger partial charge is 0.304 e. The van der Waals surface area contributed by atoms with Gasteiger partial charge in [-0.25, -0.2) is 0 Å². The van der Waals surface area contributed by atoms with Crippen molar-refractivity contribution in [1.82, 2.24) is 5.32 Å². The second-order valence-corrected chi connectivity index (χ2v) is 3.76. The molecule has 1 rings (SSSR count). The molecule has 1 aliphatic rings. The summed E-state index contributed by atoms with van der Waals surface area (Å²) in [7, 11) is 0. The van der Waals surface area contributed by atoms with Crippen LogP contribution in [0.15, 0.2) is 0 Å². The highest BCUT2D eigenvalue weighted by atomic mass is 32.2. The van der Waals surface area contributed by atoms with E-state index in [-0.39, 0.29) is 10.7 Å². The lowest BCUT2D eigenvalue weighted by Crippen LogP contribution is -2.49. The molecule has 0 aliphatic carbocycles. The molecule has 9 heavy (non-hydrogen) atoms. The number of carbonyl (C=O) groups excluding carboxylic acids is 1. The summed E-state index contributed by atoms with van der Waals surface area (Å²) >= 11 is 1.42. The van der Waals surface area contributed by atoms with E-state index in [0.717, 1.165) is 12.3 Å². The minimum absolute atomic E-state index is 0.258. The molecule has 0 aromatic heterocycles. The summed E-state index contributed by atoms with van der Waals surface area (Å²) in [6.45, 7) is 4.78. The van der Waals surface area contributed by atoms with E-state index in [1.807, 2.05) is 13.8 Å². The second kappa shape index (κ2) is 2.31. The van der Waals surface area contributed by atoms with E-state index in [1.165, 1.54) is 11.8 Å². The molecule has 1 aliphatic heterocycles. The molecule has 0 unspecified atom stereocenters. The third kappa shape index (κ3) is 1.46. The lowest BCUT2D eigenvalue weighted by atomic mass is 10.1. The van der Waals surface area contributed by atoms with Crippen molar-refractivity contribution in [3.05, 3.63) is 0 Å². The average Bonchev–Trinajstić information content (AvgIpc) is 1.77. The minimum atomic E-state index is -0.289. The highest BCUT2D eigenvalue weighted by molar-refractivity contribution is 8.13. The Balaban J connectivity index is 2.60. The van der Waals surface area contributed by atoms with Crippen LogP contribution in [0, 0.1) is 0 Å². The van der Waals surface area contributed by atoms with Crippen LogP contribution in [0.1, 0.15) is 13.8 Å². The van der Waals surface area contributed by atoms with Gasteiger partial charge in [-0.15, -0.1) is 0 Å². The van der Waals surface area contributed by atoms with Gasteiger partial charge in [0, 0.05) is 12.3 Å². The van der Waals surface area contributed by atoms with Gasteiger partial charge in [0.1, 0.15) is 0 Å². The van der Waals surface area contributed by atoms with E-state index >= 15 is 0 Å². The summed E-state index contributed by atoms with van der Waals surface area (Å²) in [4.78, 5) is 11.0. The van der Waals surface area contributed by atoms with Crippen molar-refractivity contribution in [2.24, 2.45) is 0 Å². The SMILES string of the molecule is CC1(C)NCCSC1=O. The molecule has 0 radical (unpaired) electrons. The molecule has 0 amide bonds. The molecule has 0 aromatic carbocycles. The van der Waals surface area contributed by atoms with Gasteiger partial charge < -0.3 is 5.32 Å². The quantitative estimate of drug-likeness (QED) is 0.542. The third-order valence-electron chi connectivity index (χ3n) is 1.41. The van der Waals surface area contributed by atoms with Gasteiger partial charge in [-0.05, 0) is 13.8 Å². The van der Waals surface area contributed by atoms with E-state index in [1.54, 1.807) is 0 Å². The maximum absolute atomic E-state index is 11.0. The van der Waals surface area contributed by atoms with Crippen molar-refractivity contribution >= 4 is 16.9 Å². The zero-order chi connectivity index (χ0) is 6.91. The van der Waals surface area contributed by atoms with Gasteiger partial charge >= 0.3 is 0 Å². The van der Waals surface area contributed by atoms with Crippen LogP contribution in [0.25, 0.3) is 0 Å². The summed E-state index contributed by atoms with van der Waals surface area (Å²) in [6.07, 6.45) is 0. The lowest BCUT2D eigenvalue weighted by molar-refractivity contribution is -0.115. The van der Waals surface area contributed by atoms with Gasteiger partial charge in [-0.2, -0.15) is 0 Å². The fourth-order valence-corrected chi connectivity index (χ4v) is 1.58. The Hall–Kier alpha value is -0.0200. The molecular weight excluding hydrogens is 134 g/mol. The van der Waals surface area contributed by atoms with Gasteiger partial charge in [-0.1, -0.05) is 11.8 Å². The summed E-state index contributed by atoms with van der Waals surface area (Å²) in [5, 5.41) is 3.40. The number of hydrogen-bond donors (Lipinski definition) is 1. The van der Waals surface area contributed by atoms with Gasteiger partial charge in [0.25, 0.3) is 0 Å². The van der Waals surface area contributed by atoms with Crippen LogP contribution in [0.4, 0.5) is 0 Å². The topological polar surface area (TPSA) is 29.1 Å². The maximum Gasteiger partial charge on any atom is 0.208 e. The highest BCUT2D eigenvalue weighted by Gasteiger charge is 2.29. The first-order chi connectivity index (χ1) is 4.13. The molecule has 0 saturated carbocycles. The molecule has 0 aromatic rings. The van der Waals surface area contributed by atoms with Crippen LogP contribution in [0.3, 0.4) is 0 Å². The number of carbonyl (C=O) groups is 1. The zero-order valence-electron chi connectivity index (χ0n) is 5.73. The molecule has 0 bridgehead atoms. The highest BCUT2D eigenvalue weighted by Crippen LogP contribution is 2.18. The minimum Gasteiger partial charge on any atom is -0.304 e. The van der Waals surface area contributed by atoms with Crippen molar-refractivity contribution < 1.29 is 4.79 Å². The molecule has 3 heteroatoms. The Morgan fingerprint density at radius 1 is 1.67 bits per heavy atom. The van der Waals surface area contributed by atoms with Crippen LogP contribution in [0.5, 0.6) is 0 Å². The predicted octanol–water partition coefficient (Wildman–Crippen LogP) is 0.628. The summed E-state index contributed by atoms with van der Waals surface area (Å²) in [5.74, 6) is 0.919. The fraction of sp³-hybridized carbons (Fsp3) is 0.833. The molecule has 52 valence electrons. The first-order valence-corrected chi connectivity index (χ1v) is 4.04. The number of hydrogen-bond acceptors (Lipinski definition) is 3.